The second kappa shape index (κ2) is 5.62. The van der Waals surface area contributed by atoms with Crippen LogP contribution in [0.3, 0.4) is 0 Å². The van der Waals surface area contributed by atoms with E-state index in [2.05, 4.69) is 12.2 Å². The molecule has 2 amide bonds. The number of carbonyl (C=O) groups is 2. The Bertz CT molecular complexity index is 389. The second-order valence-electron chi connectivity index (χ2n) is 7.03. The quantitative estimate of drug-likeness (QED) is 0.834. The number of urea groups is 1. The van der Waals surface area contributed by atoms with E-state index in [-0.39, 0.29) is 11.9 Å². The Balaban J connectivity index is 1.89. The monoisotopic (exact) mass is 282 g/mol. The van der Waals surface area contributed by atoms with Gasteiger partial charge in [-0.05, 0) is 51.4 Å². The van der Waals surface area contributed by atoms with Crippen molar-refractivity contribution in [3.8, 4) is 0 Å². The first kappa shape index (κ1) is 15.1. The molecule has 0 bridgehead atoms. The minimum absolute atomic E-state index is 0.0206. The highest BCUT2D eigenvalue weighted by atomic mass is 16.4. The summed E-state index contributed by atoms with van der Waals surface area (Å²) in [7, 11) is 0. The molecule has 114 valence electrons. The largest absolute Gasteiger partial charge is 0.481 e. The molecule has 5 nitrogen and oxygen atoms in total. The van der Waals surface area contributed by atoms with Crippen molar-refractivity contribution in [3.63, 3.8) is 0 Å². The van der Waals surface area contributed by atoms with Gasteiger partial charge in [0.25, 0.3) is 0 Å². The highest BCUT2D eigenvalue weighted by molar-refractivity contribution is 5.76. The summed E-state index contributed by atoms with van der Waals surface area (Å²) in [6.07, 6.45) is 3.88. The minimum atomic E-state index is -0.780. The summed E-state index contributed by atoms with van der Waals surface area (Å²) in [5.74, 6) is -0.0438. The van der Waals surface area contributed by atoms with Crippen LogP contribution >= 0.6 is 0 Å². The van der Waals surface area contributed by atoms with Gasteiger partial charge in [-0.25, -0.2) is 4.79 Å². The zero-order valence-electron chi connectivity index (χ0n) is 12.7. The van der Waals surface area contributed by atoms with Crippen LogP contribution in [0.15, 0.2) is 0 Å². The number of amides is 2. The average molecular weight is 282 g/mol. The van der Waals surface area contributed by atoms with E-state index in [0.717, 1.165) is 32.2 Å². The fourth-order valence-corrected chi connectivity index (χ4v) is 3.21. The Kier molecular flexibility index (Phi) is 4.25. The van der Waals surface area contributed by atoms with Gasteiger partial charge in [0.05, 0.1) is 5.41 Å². The summed E-state index contributed by atoms with van der Waals surface area (Å²) in [5.41, 5.74) is -0.774. The molecule has 1 saturated carbocycles. The van der Waals surface area contributed by atoms with Crippen molar-refractivity contribution < 1.29 is 14.7 Å². The maximum Gasteiger partial charge on any atom is 0.317 e. The number of nitrogens with zero attached hydrogens (tertiary/aromatic N) is 1. The molecule has 0 spiro atoms. The highest BCUT2D eigenvalue weighted by Crippen LogP contribution is 2.34. The van der Waals surface area contributed by atoms with E-state index in [0.29, 0.717) is 18.5 Å². The molecule has 0 aromatic rings. The van der Waals surface area contributed by atoms with E-state index in [4.69, 9.17) is 0 Å². The third-order valence-electron chi connectivity index (χ3n) is 4.98. The molecule has 1 unspecified atom stereocenters. The van der Waals surface area contributed by atoms with Crippen LogP contribution in [-0.4, -0.2) is 41.1 Å². The first-order chi connectivity index (χ1) is 9.30. The van der Waals surface area contributed by atoms with Crippen molar-refractivity contribution in [1.82, 2.24) is 10.2 Å². The summed E-state index contributed by atoms with van der Waals surface area (Å²) < 4.78 is 0. The van der Waals surface area contributed by atoms with Crippen molar-refractivity contribution >= 4 is 12.0 Å². The predicted octanol–water partition coefficient (Wildman–Crippen LogP) is 2.32. The van der Waals surface area contributed by atoms with E-state index in [1.807, 2.05) is 0 Å². The molecule has 2 aliphatic rings. The zero-order chi connectivity index (χ0) is 14.9. The number of carboxylic acids is 1. The highest BCUT2D eigenvalue weighted by Gasteiger charge is 2.40. The standard InChI is InChI=1S/C15H26N2O3/c1-10-7-12(8-10)16-14(20)17-6-4-5-11(9-17)15(2,3)13(18)19/h10-12H,4-9H2,1-3H3,(H,16,20)(H,18,19). The van der Waals surface area contributed by atoms with Gasteiger partial charge in [0, 0.05) is 19.1 Å². The fourth-order valence-electron chi connectivity index (χ4n) is 3.21. The molecule has 1 saturated heterocycles. The van der Waals surface area contributed by atoms with Gasteiger partial charge in [0.1, 0.15) is 0 Å². The average Bonchev–Trinajstić information content (AvgIpc) is 2.36. The summed E-state index contributed by atoms with van der Waals surface area (Å²) in [4.78, 5) is 25.4. The predicted molar refractivity (Wildman–Crippen MR) is 76.4 cm³/mol. The van der Waals surface area contributed by atoms with Gasteiger partial charge in [0.2, 0.25) is 0 Å². The van der Waals surface area contributed by atoms with Crippen LogP contribution < -0.4 is 5.32 Å². The molecule has 1 aliphatic heterocycles. The molecule has 0 aromatic carbocycles. The van der Waals surface area contributed by atoms with Crippen molar-refractivity contribution in [2.24, 2.45) is 17.3 Å². The van der Waals surface area contributed by atoms with Crippen LogP contribution in [0.4, 0.5) is 4.79 Å². The lowest BCUT2D eigenvalue weighted by Crippen LogP contribution is -2.53. The third-order valence-corrected chi connectivity index (χ3v) is 4.98. The van der Waals surface area contributed by atoms with Gasteiger partial charge >= 0.3 is 12.0 Å². The van der Waals surface area contributed by atoms with Crippen LogP contribution in [0, 0.1) is 17.3 Å². The number of hydrogen-bond acceptors (Lipinski definition) is 2. The normalized spacial score (nSPS) is 30.6. The van der Waals surface area contributed by atoms with E-state index in [1.165, 1.54) is 0 Å². The van der Waals surface area contributed by atoms with Gasteiger partial charge in [0.15, 0.2) is 0 Å². The molecule has 0 radical (unpaired) electrons. The van der Waals surface area contributed by atoms with Crippen molar-refractivity contribution in [3.05, 3.63) is 0 Å². The Morgan fingerprint density at radius 1 is 1.30 bits per heavy atom. The first-order valence-corrected chi connectivity index (χ1v) is 7.59. The summed E-state index contributed by atoms with van der Waals surface area (Å²) in [6, 6.07) is 0.290. The first-order valence-electron chi connectivity index (χ1n) is 7.59. The number of carbonyl (C=O) groups excluding carboxylic acids is 1. The van der Waals surface area contributed by atoms with Gasteiger partial charge in [-0.2, -0.15) is 0 Å². The van der Waals surface area contributed by atoms with Gasteiger partial charge in [-0.1, -0.05) is 6.92 Å². The number of aliphatic carboxylic acids is 1. The number of piperidine rings is 1. The molecule has 2 rings (SSSR count). The molecule has 2 fully saturated rings. The summed E-state index contributed by atoms with van der Waals surface area (Å²) in [6.45, 7) is 6.99. The van der Waals surface area contributed by atoms with Crippen molar-refractivity contribution in [2.75, 3.05) is 13.1 Å². The van der Waals surface area contributed by atoms with Crippen LogP contribution in [-0.2, 0) is 4.79 Å². The topological polar surface area (TPSA) is 69.6 Å². The Morgan fingerprint density at radius 2 is 1.95 bits per heavy atom. The van der Waals surface area contributed by atoms with Crippen LogP contribution in [0.25, 0.3) is 0 Å². The van der Waals surface area contributed by atoms with Crippen LogP contribution in [0.5, 0.6) is 0 Å². The Morgan fingerprint density at radius 3 is 2.50 bits per heavy atom. The fraction of sp³-hybridized carbons (Fsp3) is 0.867. The molecular formula is C15H26N2O3. The number of hydrogen-bond donors (Lipinski definition) is 2. The Labute approximate surface area is 120 Å². The summed E-state index contributed by atoms with van der Waals surface area (Å²) in [5, 5.41) is 12.4. The van der Waals surface area contributed by atoms with E-state index in [9.17, 15) is 14.7 Å². The molecule has 1 heterocycles. The molecule has 1 atom stereocenters. The molecule has 0 aromatic heterocycles. The zero-order valence-corrected chi connectivity index (χ0v) is 12.7. The lowest BCUT2D eigenvalue weighted by molar-refractivity contribution is -0.151. The SMILES string of the molecule is CC1CC(NC(=O)N2CCCC(C(C)(C)C(=O)O)C2)C1. The minimum Gasteiger partial charge on any atom is -0.481 e. The molecular weight excluding hydrogens is 256 g/mol. The van der Waals surface area contributed by atoms with Crippen LogP contribution in [0.1, 0.15) is 46.5 Å². The third kappa shape index (κ3) is 3.07. The lowest BCUT2D eigenvalue weighted by Gasteiger charge is -2.41. The number of nitrogens with one attached hydrogen (secondary N) is 1. The number of carboxylic acid groups (broad SMARTS) is 1. The van der Waals surface area contributed by atoms with Gasteiger partial charge < -0.3 is 15.3 Å². The molecule has 20 heavy (non-hydrogen) atoms. The number of rotatable bonds is 3. The maximum absolute atomic E-state index is 12.2. The van der Waals surface area contributed by atoms with E-state index >= 15 is 0 Å². The lowest BCUT2D eigenvalue weighted by atomic mass is 9.74. The molecule has 2 N–H and O–H groups in total. The molecule has 1 aliphatic carbocycles. The number of likely N-dealkylation sites (tertiary alicyclic amines) is 1. The maximum atomic E-state index is 12.2. The smallest absolute Gasteiger partial charge is 0.317 e. The van der Waals surface area contributed by atoms with Crippen molar-refractivity contribution in [1.29, 1.82) is 0 Å². The Hall–Kier alpha value is -1.26. The van der Waals surface area contributed by atoms with Crippen LogP contribution in [0.2, 0.25) is 0 Å². The van der Waals surface area contributed by atoms with Crippen molar-refractivity contribution in [2.45, 2.75) is 52.5 Å². The van der Waals surface area contributed by atoms with Gasteiger partial charge in [-0.15, -0.1) is 0 Å². The van der Waals surface area contributed by atoms with Gasteiger partial charge in [-0.3, -0.25) is 4.79 Å². The molecule has 5 heteroatoms. The van der Waals surface area contributed by atoms with E-state index in [1.54, 1.807) is 18.7 Å². The second-order valence-corrected chi connectivity index (χ2v) is 7.03. The summed E-state index contributed by atoms with van der Waals surface area (Å²) >= 11 is 0. The van der Waals surface area contributed by atoms with E-state index < -0.39 is 11.4 Å².